The summed E-state index contributed by atoms with van der Waals surface area (Å²) < 4.78 is 24.0. The summed E-state index contributed by atoms with van der Waals surface area (Å²) in [6.45, 7) is 1.14. The zero-order valence-electron chi connectivity index (χ0n) is 9.23. The topological polar surface area (TPSA) is 38.7 Å². The first-order valence-electron chi connectivity index (χ1n) is 5.53. The van der Waals surface area contributed by atoms with Gasteiger partial charge in [0.2, 0.25) is 0 Å². The molecule has 1 fully saturated rings. The van der Waals surface area contributed by atoms with Gasteiger partial charge in [0.15, 0.2) is 6.29 Å². The first kappa shape index (κ1) is 12.8. The zero-order chi connectivity index (χ0) is 12.3. The van der Waals surface area contributed by atoms with Gasteiger partial charge >= 0.3 is 0 Å². The van der Waals surface area contributed by atoms with Crippen LogP contribution in [0.4, 0.5) is 4.39 Å². The summed E-state index contributed by atoms with van der Waals surface area (Å²) in [5.74, 6) is -0.488. The number of benzene rings is 1. The van der Waals surface area contributed by atoms with E-state index in [1.807, 2.05) is 0 Å². The van der Waals surface area contributed by atoms with Crippen molar-refractivity contribution in [1.82, 2.24) is 0 Å². The summed E-state index contributed by atoms with van der Waals surface area (Å²) in [4.78, 5) is 0. The molecule has 1 heterocycles. The van der Waals surface area contributed by atoms with E-state index in [1.165, 1.54) is 12.1 Å². The molecule has 1 saturated heterocycles. The molecule has 5 heteroatoms. The maximum atomic E-state index is 13.5. The second kappa shape index (κ2) is 5.78. The van der Waals surface area contributed by atoms with Crippen LogP contribution in [0, 0.1) is 5.82 Å². The highest BCUT2D eigenvalue weighted by atomic mass is 35.5. The lowest BCUT2D eigenvalue weighted by Gasteiger charge is -2.15. The van der Waals surface area contributed by atoms with E-state index in [1.54, 1.807) is 6.07 Å². The molecular formula is C12H14ClFO3. The Morgan fingerprint density at radius 2 is 2.12 bits per heavy atom. The predicted octanol–water partition coefficient (Wildman–Crippen LogP) is 2.67. The number of hydrogen-bond acceptors (Lipinski definition) is 3. The summed E-state index contributed by atoms with van der Waals surface area (Å²) in [5, 5.41) is 10.1. The second-order valence-electron chi connectivity index (χ2n) is 3.90. The molecule has 2 rings (SSSR count). The molecule has 0 saturated carbocycles. The minimum Gasteiger partial charge on any atom is -0.388 e. The molecule has 17 heavy (non-hydrogen) atoms. The van der Waals surface area contributed by atoms with Gasteiger partial charge < -0.3 is 14.6 Å². The predicted molar refractivity (Wildman–Crippen MR) is 61.3 cm³/mol. The number of rotatable bonds is 4. The first-order valence-corrected chi connectivity index (χ1v) is 5.91. The normalized spacial score (nSPS) is 18.5. The van der Waals surface area contributed by atoms with E-state index in [2.05, 4.69) is 0 Å². The van der Waals surface area contributed by atoms with E-state index in [9.17, 15) is 9.50 Å². The molecule has 1 atom stereocenters. The van der Waals surface area contributed by atoms with Crippen LogP contribution in [0.1, 0.15) is 24.5 Å². The fourth-order valence-corrected chi connectivity index (χ4v) is 2.13. The Morgan fingerprint density at radius 1 is 1.41 bits per heavy atom. The highest BCUT2D eigenvalue weighted by Gasteiger charge is 2.21. The zero-order valence-corrected chi connectivity index (χ0v) is 9.99. The summed E-state index contributed by atoms with van der Waals surface area (Å²) in [5.41, 5.74) is 0.146. The van der Waals surface area contributed by atoms with Crippen LogP contribution in [0.25, 0.3) is 0 Å². The van der Waals surface area contributed by atoms with Crippen LogP contribution in [-0.4, -0.2) is 24.6 Å². The quantitative estimate of drug-likeness (QED) is 0.905. The number of halogens is 2. The van der Waals surface area contributed by atoms with Crippen LogP contribution in [0.15, 0.2) is 18.2 Å². The van der Waals surface area contributed by atoms with Crippen molar-refractivity contribution in [1.29, 1.82) is 0 Å². The summed E-state index contributed by atoms with van der Waals surface area (Å²) in [7, 11) is 0. The van der Waals surface area contributed by atoms with E-state index in [-0.39, 0.29) is 16.9 Å². The average molecular weight is 261 g/mol. The Morgan fingerprint density at radius 3 is 2.76 bits per heavy atom. The average Bonchev–Trinajstić information content (AvgIpc) is 2.79. The Balaban J connectivity index is 1.96. The molecule has 1 N–H and O–H groups in total. The van der Waals surface area contributed by atoms with Crippen molar-refractivity contribution in [2.75, 3.05) is 13.2 Å². The minimum atomic E-state index is -0.934. The molecule has 0 aromatic heterocycles. The molecule has 0 amide bonds. The molecule has 0 radical (unpaired) electrons. The molecule has 94 valence electrons. The smallest absolute Gasteiger partial charge is 0.157 e. The van der Waals surface area contributed by atoms with E-state index in [0.29, 0.717) is 26.1 Å². The van der Waals surface area contributed by atoms with Gasteiger partial charge in [0, 0.05) is 17.0 Å². The monoisotopic (exact) mass is 260 g/mol. The molecule has 0 bridgehead atoms. The first-order chi connectivity index (χ1) is 8.18. The third kappa shape index (κ3) is 3.16. The van der Waals surface area contributed by atoms with Crippen LogP contribution in [-0.2, 0) is 9.47 Å². The molecule has 0 aliphatic carbocycles. The van der Waals surface area contributed by atoms with Crippen molar-refractivity contribution in [3.8, 4) is 0 Å². The molecule has 0 spiro atoms. The maximum absolute atomic E-state index is 13.5. The summed E-state index contributed by atoms with van der Waals surface area (Å²) in [6, 6.07) is 4.36. The second-order valence-corrected chi connectivity index (χ2v) is 4.31. The number of hydrogen-bond donors (Lipinski definition) is 1. The van der Waals surface area contributed by atoms with Crippen molar-refractivity contribution in [2.24, 2.45) is 0 Å². The van der Waals surface area contributed by atoms with Crippen LogP contribution in [0.5, 0.6) is 0 Å². The van der Waals surface area contributed by atoms with Crippen LogP contribution in [0.3, 0.4) is 0 Å². The van der Waals surface area contributed by atoms with Gasteiger partial charge in [-0.3, -0.25) is 0 Å². The Labute approximate surface area is 104 Å². The standard InChI is InChI=1S/C12H14ClFO3/c13-8-2-1-3-9(14)12(8)10(15)4-5-11-16-6-7-17-11/h1-3,10-11,15H,4-7H2. The molecule has 1 aliphatic rings. The summed E-state index contributed by atoms with van der Waals surface area (Å²) >= 11 is 5.86. The van der Waals surface area contributed by atoms with Crippen LogP contribution in [0.2, 0.25) is 5.02 Å². The van der Waals surface area contributed by atoms with Crippen molar-refractivity contribution < 1.29 is 19.0 Å². The highest BCUT2D eigenvalue weighted by molar-refractivity contribution is 6.31. The van der Waals surface area contributed by atoms with Gasteiger partial charge in [-0.2, -0.15) is 0 Å². The lowest BCUT2D eigenvalue weighted by atomic mass is 10.0. The Bertz CT molecular complexity index is 360. The fourth-order valence-electron chi connectivity index (χ4n) is 1.84. The number of aliphatic hydroxyl groups is 1. The van der Waals surface area contributed by atoms with Gasteiger partial charge in [0.1, 0.15) is 5.82 Å². The van der Waals surface area contributed by atoms with Gasteiger partial charge in [-0.05, 0) is 18.6 Å². The molecule has 1 unspecified atom stereocenters. The third-order valence-electron chi connectivity index (χ3n) is 2.70. The van der Waals surface area contributed by atoms with Crippen LogP contribution < -0.4 is 0 Å². The Hall–Kier alpha value is -0.680. The van der Waals surface area contributed by atoms with Crippen molar-refractivity contribution in [2.45, 2.75) is 25.2 Å². The van der Waals surface area contributed by atoms with E-state index in [0.717, 1.165) is 0 Å². The number of ether oxygens (including phenoxy) is 2. The number of aliphatic hydroxyl groups excluding tert-OH is 1. The summed E-state index contributed by atoms with van der Waals surface area (Å²) in [6.07, 6.45) is -0.358. The van der Waals surface area contributed by atoms with Crippen molar-refractivity contribution >= 4 is 11.6 Å². The Kier molecular flexibility index (Phi) is 4.34. The van der Waals surface area contributed by atoms with Crippen molar-refractivity contribution in [3.63, 3.8) is 0 Å². The minimum absolute atomic E-state index is 0.146. The fraction of sp³-hybridized carbons (Fsp3) is 0.500. The third-order valence-corrected chi connectivity index (χ3v) is 3.03. The SMILES string of the molecule is OC(CCC1OCCO1)c1c(F)cccc1Cl. The molecular weight excluding hydrogens is 247 g/mol. The molecule has 1 aromatic rings. The van der Waals surface area contributed by atoms with Crippen LogP contribution >= 0.6 is 11.6 Å². The van der Waals surface area contributed by atoms with Gasteiger partial charge in [0.25, 0.3) is 0 Å². The molecule has 3 nitrogen and oxygen atoms in total. The lowest BCUT2D eigenvalue weighted by molar-refractivity contribution is -0.0543. The van der Waals surface area contributed by atoms with Gasteiger partial charge in [-0.25, -0.2) is 4.39 Å². The van der Waals surface area contributed by atoms with E-state index in [4.69, 9.17) is 21.1 Å². The van der Waals surface area contributed by atoms with Gasteiger partial charge in [-0.1, -0.05) is 17.7 Å². The lowest BCUT2D eigenvalue weighted by Crippen LogP contribution is -2.11. The largest absolute Gasteiger partial charge is 0.388 e. The molecule has 1 aliphatic heterocycles. The maximum Gasteiger partial charge on any atom is 0.157 e. The van der Waals surface area contributed by atoms with Crippen molar-refractivity contribution in [3.05, 3.63) is 34.6 Å². The highest BCUT2D eigenvalue weighted by Crippen LogP contribution is 2.29. The van der Waals surface area contributed by atoms with E-state index < -0.39 is 11.9 Å². The van der Waals surface area contributed by atoms with Gasteiger partial charge in [-0.15, -0.1) is 0 Å². The molecule has 1 aromatic carbocycles. The van der Waals surface area contributed by atoms with Gasteiger partial charge in [0.05, 0.1) is 19.3 Å². The van der Waals surface area contributed by atoms with E-state index >= 15 is 0 Å².